The fourth-order valence-electron chi connectivity index (χ4n) is 1.32. The highest BCUT2D eigenvalue weighted by molar-refractivity contribution is 7.11. The van der Waals surface area contributed by atoms with Gasteiger partial charge in [0.15, 0.2) is 0 Å². The molecule has 0 radical (unpaired) electrons. The van der Waals surface area contributed by atoms with Crippen molar-refractivity contribution >= 4 is 23.3 Å². The number of amides is 1. The highest BCUT2D eigenvalue weighted by Gasteiger charge is 2.07. The summed E-state index contributed by atoms with van der Waals surface area (Å²) in [7, 11) is 1.68. The van der Waals surface area contributed by atoms with E-state index in [1.54, 1.807) is 31.4 Å². The van der Waals surface area contributed by atoms with Gasteiger partial charge in [-0.1, -0.05) is 0 Å². The van der Waals surface area contributed by atoms with E-state index in [0.717, 1.165) is 4.88 Å². The number of aliphatic hydroxyl groups is 1. The van der Waals surface area contributed by atoms with Gasteiger partial charge in [0.1, 0.15) is 0 Å². The number of thiophene rings is 1. The molecule has 0 saturated carbocycles. The van der Waals surface area contributed by atoms with Crippen molar-refractivity contribution < 1.29 is 9.90 Å². The lowest BCUT2D eigenvalue weighted by Gasteiger charge is -2.16. The number of likely N-dealkylation sites (N-methyl/N-ethyl adjacent to an activating group) is 1. The first-order valence-electron chi connectivity index (χ1n) is 5.16. The summed E-state index contributed by atoms with van der Waals surface area (Å²) in [6, 6.07) is 2.02. The summed E-state index contributed by atoms with van der Waals surface area (Å²) in [5.41, 5.74) is 1.17. The van der Waals surface area contributed by atoms with Crippen molar-refractivity contribution in [1.82, 2.24) is 4.90 Å². The second kappa shape index (κ2) is 5.82. The summed E-state index contributed by atoms with van der Waals surface area (Å²) in [4.78, 5) is 14.2. The van der Waals surface area contributed by atoms with E-state index >= 15 is 0 Å². The molecule has 1 unspecified atom stereocenters. The van der Waals surface area contributed by atoms with Crippen LogP contribution in [0.1, 0.15) is 17.4 Å². The van der Waals surface area contributed by atoms with E-state index < -0.39 is 6.10 Å². The molecule has 0 bridgehead atoms. The third kappa shape index (κ3) is 3.79. The second-order valence-electron chi connectivity index (χ2n) is 3.87. The Morgan fingerprint density at radius 1 is 1.69 bits per heavy atom. The van der Waals surface area contributed by atoms with Crippen molar-refractivity contribution in [3.05, 3.63) is 28.0 Å². The predicted molar refractivity (Wildman–Crippen MR) is 67.4 cm³/mol. The number of carbonyl (C=O) groups is 1. The minimum absolute atomic E-state index is 0.0892. The van der Waals surface area contributed by atoms with E-state index in [0.29, 0.717) is 6.54 Å². The molecular weight excluding hydrogens is 222 g/mol. The Morgan fingerprint density at radius 3 is 2.88 bits per heavy atom. The molecule has 3 nitrogen and oxygen atoms in total. The van der Waals surface area contributed by atoms with Crippen molar-refractivity contribution in [3.8, 4) is 0 Å². The number of nitrogens with zero attached hydrogens (tertiary/aromatic N) is 1. The molecule has 1 rings (SSSR count). The molecule has 88 valence electrons. The highest BCUT2D eigenvalue weighted by Crippen LogP contribution is 2.17. The molecule has 1 heterocycles. The molecule has 0 aromatic carbocycles. The summed E-state index contributed by atoms with van der Waals surface area (Å²) in [6.07, 6.45) is 2.87. The van der Waals surface area contributed by atoms with Gasteiger partial charge in [-0.25, -0.2) is 0 Å². The van der Waals surface area contributed by atoms with Crippen LogP contribution in [-0.4, -0.2) is 35.6 Å². The topological polar surface area (TPSA) is 40.5 Å². The highest BCUT2D eigenvalue weighted by atomic mass is 32.1. The number of rotatable bonds is 4. The van der Waals surface area contributed by atoms with Gasteiger partial charge >= 0.3 is 0 Å². The van der Waals surface area contributed by atoms with E-state index in [1.807, 2.05) is 24.4 Å². The van der Waals surface area contributed by atoms with Crippen LogP contribution in [0.5, 0.6) is 0 Å². The zero-order valence-electron chi connectivity index (χ0n) is 9.80. The van der Waals surface area contributed by atoms with Gasteiger partial charge in [0, 0.05) is 24.5 Å². The molecule has 0 aliphatic heterocycles. The molecule has 16 heavy (non-hydrogen) atoms. The Bertz CT molecular complexity index is 382. The SMILES string of the molecule is Cc1ccsc1C=CC(=O)N(C)CC(C)O. The van der Waals surface area contributed by atoms with Crippen LogP contribution in [-0.2, 0) is 4.79 Å². The molecule has 0 fully saturated rings. The quantitative estimate of drug-likeness (QED) is 0.815. The molecule has 1 amide bonds. The normalized spacial score (nSPS) is 13.0. The maximum atomic E-state index is 11.6. The average molecular weight is 239 g/mol. The summed E-state index contributed by atoms with van der Waals surface area (Å²) < 4.78 is 0. The molecule has 4 heteroatoms. The van der Waals surface area contributed by atoms with E-state index in [2.05, 4.69) is 0 Å². The third-order valence-corrected chi connectivity index (χ3v) is 3.18. The van der Waals surface area contributed by atoms with Gasteiger partial charge in [0.2, 0.25) is 5.91 Å². The van der Waals surface area contributed by atoms with Gasteiger partial charge in [-0.05, 0) is 36.9 Å². The minimum Gasteiger partial charge on any atom is -0.392 e. The maximum Gasteiger partial charge on any atom is 0.246 e. The number of hydrogen-bond donors (Lipinski definition) is 1. The summed E-state index contributed by atoms with van der Waals surface area (Å²) in [5, 5.41) is 11.2. The molecule has 0 aliphatic rings. The predicted octanol–water partition coefficient (Wildman–Crippen LogP) is 1.91. The van der Waals surface area contributed by atoms with Crippen LogP contribution in [0.15, 0.2) is 17.5 Å². The van der Waals surface area contributed by atoms with Crippen molar-refractivity contribution in [2.24, 2.45) is 0 Å². The Labute approximate surface area is 100 Å². The van der Waals surface area contributed by atoms with Crippen LogP contribution < -0.4 is 0 Å². The number of aliphatic hydroxyl groups excluding tert-OH is 1. The minimum atomic E-state index is -0.495. The van der Waals surface area contributed by atoms with Gasteiger partial charge in [0.05, 0.1) is 6.10 Å². The van der Waals surface area contributed by atoms with E-state index in [1.165, 1.54) is 10.5 Å². The summed E-state index contributed by atoms with van der Waals surface area (Å²) in [6.45, 7) is 4.03. The number of hydrogen-bond acceptors (Lipinski definition) is 3. The largest absolute Gasteiger partial charge is 0.392 e. The molecule has 0 aliphatic carbocycles. The van der Waals surface area contributed by atoms with Crippen molar-refractivity contribution in [3.63, 3.8) is 0 Å². The summed E-state index contributed by atoms with van der Waals surface area (Å²) in [5.74, 6) is -0.0892. The lowest BCUT2D eigenvalue weighted by molar-refractivity contribution is -0.125. The van der Waals surface area contributed by atoms with Crippen molar-refractivity contribution in [2.75, 3.05) is 13.6 Å². The van der Waals surface area contributed by atoms with Crippen molar-refractivity contribution in [1.29, 1.82) is 0 Å². The van der Waals surface area contributed by atoms with Gasteiger partial charge in [-0.15, -0.1) is 11.3 Å². The Balaban J connectivity index is 2.57. The zero-order valence-corrected chi connectivity index (χ0v) is 10.6. The van der Waals surface area contributed by atoms with Crippen LogP contribution in [0.25, 0.3) is 6.08 Å². The standard InChI is InChI=1S/C12H17NO2S/c1-9-6-7-16-11(9)4-5-12(15)13(3)8-10(2)14/h4-7,10,14H,8H2,1-3H3. The van der Waals surface area contributed by atoms with E-state index in [9.17, 15) is 4.79 Å². The zero-order chi connectivity index (χ0) is 12.1. The van der Waals surface area contributed by atoms with Crippen LogP contribution in [0.3, 0.4) is 0 Å². The molecular formula is C12H17NO2S. The first-order valence-corrected chi connectivity index (χ1v) is 6.04. The van der Waals surface area contributed by atoms with E-state index in [4.69, 9.17) is 5.11 Å². The fraction of sp³-hybridized carbons (Fsp3) is 0.417. The van der Waals surface area contributed by atoms with E-state index in [-0.39, 0.29) is 5.91 Å². The van der Waals surface area contributed by atoms with Gasteiger partial charge < -0.3 is 10.0 Å². The molecule has 1 N–H and O–H groups in total. The third-order valence-electron chi connectivity index (χ3n) is 2.19. The monoisotopic (exact) mass is 239 g/mol. The maximum absolute atomic E-state index is 11.6. The van der Waals surface area contributed by atoms with Gasteiger partial charge in [-0.2, -0.15) is 0 Å². The Kier molecular flexibility index (Phi) is 4.71. The van der Waals surface area contributed by atoms with Crippen LogP contribution in [0.2, 0.25) is 0 Å². The fourth-order valence-corrected chi connectivity index (χ4v) is 2.14. The summed E-state index contributed by atoms with van der Waals surface area (Å²) >= 11 is 1.61. The molecule has 1 atom stereocenters. The average Bonchev–Trinajstić information content (AvgIpc) is 2.59. The Hall–Kier alpha value is -1.13. The lowest BCUT2D eigenvalue weighted by Crippen LogP contribution is -2.31. The Morgan fingerprint density at radius 2 is 2.38 bits per heavy atom. The smallest absolute Gasteiger partial charge is 0.246 e. The molecule has 1 aromatic heterocycles. The van der Waals surface area contributed by atoms with Gasteiger partial charge in [-0.3, -0.25) is 4.79 Å². The molecule has 1 aromatic rings. The molecule has 0 spiro atoms. The first-order chi connectivity index (χ1) is 7.50. The van der Waals surface area contributed by atoms with Gasteiger partial charge in [0.25, 0.3) is 0 Å². The van der Waals surface area contributed by atoms with Crippen LogP contribution in [0, 0.1) is 6.92 Å². The second-order valence-corrected chi connectivity index (χ2v) is 4.82. The number of aryl methyl sites for hydroxylation is 1. The molecule has 0 saturated heterocycles. The number of carbonyl (C=O) groups excluding carboxylic acids is 1. The van der Waals surface area contributed by atoms with Crippen molar-refractivity contribution in [2.45, 2.75) is 20.0 Å². The first kappa shape index (κ1) is 12.9. The van der Waals surface area contributed by atoms with Crippen LogP contribution in [0.4, 0.5) is 0 Å². The lowest BCUT2D eigenvalue weighted by atomic mass is 10.2. The van der Waals surface area contributed by atoms with Crippen LogP contribution >= 0.6 is 11.3 Å².